The third kappa shape index (κ3) is 8.20. The summed E-state index contributed by atoms with van der Waals surface area (Å²) < 4.78 is 5.92. The Bertz CT molecular complexity index is 162. The Morgan fingerprint density at radius 2 is 1.71 bits per heavy atom. The molecule has 0 saturated carbocycles. The fourth-order valence-electron chi connectivity index (χ4n) is 2.38. The number of halogens is 1. The lowest BCUT2D eigenvalue weighted by atomic mass is 9.82. The number of ether oxygens (including phenoxy) is 1. The Balaban J connectivity index is 3.89. The van der Waals surface area contributed by atoms with Crippen molar-refractivity contribution in [2.45, 2.75) is 66.2 Å². The molecular weight excluding hydrogens is 276 g/mol. The van der Waals surface area contributed by atoms with Gasteiger partial charge >= 0.3 is 0 Å². The molecule has 0 rings (SSSR count). The predicted octanol–water partition coefficient (Wildman–Crippen LogP) is 5.42. The molecular formula is C15H31BrO. The van der Waals surface area contributed by atoms with Crippen molar-refractivity contribution in [3.63, 3.8) is 0 Å². The summed E-state index contributed by atoms with van der Waals surface area (Å²) in [6, 6.07) is 0. The number of rotatable bonds is 11. The SMILES string of the molecule is CCCC(CBr)(CCC)COCCCC(C)C. The molecule has 0 unspecified atom stereocenters. The van der Waals surface area contributed by atoms with Crippen LogP contribution in [0.25, 0.3) is 0 Å². The second-order valence-electron chi connectivity index (χ2n) is 5.72. The molecule has 2 heteroatoms. The van der Waals surface area contributed by atoms with Gasteiger partial charge in [-0.05, 0) is 31.6 Å². The first-order chi connectivity index (χ1) is 8.10. The van der Waals surface area contributed by atoms with Gasteiger partial charge in [-0.2, -0.15) is 0 Å². The van der Waals surface area contributed by atoms with E-state index in [0.717, 1.165) is 24.5 Å². The van der Waals surface area contributed by atoms with Gasteiger partial charge in [0, 0.05) is 17.4 Å². The first-order valence-electron chi connectivity index (χ1n) is 7.24. The van der Waals surface area contributed by atoms with Crippen LogP contribution < -0.4 is 0 Å². The van der Waals surface area contributed by atoms with Crippen LogP contribution in [0.1, 0.15) is 66.2 Å². The number of hydrogen-bond donors (Lipinski definition) is 0. The molecule has 0 aromatic heterocycles. The largest absolute Gasteiger partial charge is 0.381 e. The van der Waals surface area contributed by atoms with E-state index in [-0.39, 0.29) is 0 Å². The van der Waals surface area contributed by atoms with Gasteiger partial charge in [-0.15, -0.1) is 0 Å². The lowest BCUT2D eigenvalue weighted by Gasteiger charge is -2.31. The molecule has 104 valence electrons. The van der Waals surface area contributed by atoms with E-state index in [2.05, 4.69) is 43.6 Å². The number of hydrogen-bond acceptors (Lipinski definition) is 1. The Hall–Kier alpha value is 0.440. The summed E-state index contributed by atoms with van der Waals surface area (Å²) in [6.45, 7) is 10.9. The fourth-order valence-corrected chi connectivity index (χ4v) is 3.11. The molecule has 0 fully saturated rings. The topological polar surface area (TPSA) is 9.23 Å². The zero-order valence-electron chi connectivity index (χ0n) is 12.2. The minimum atomic E-state index is 0.376. The van der Waals surface area contributed by atoms with Gasteiger partial charge in [0.2, 0.25) is 0 Å². The normalized spacial score (nSPS) is 12.4. The Kier molecular flexibility index (Phi) is 10.6. The molecule has 0 heterocycles. The Morgan fingerprint density at radius 1 is 1.12 bits per heavy atom. The highest BCUT2D eigenvalue weighted by Gasteiger charge is 2.27. The molecule has 0 spiro atoms. The minimum Gasteiger partial charge on any atom is -0.381 e. The van der Waals surface area contributed by atoms with Crippen molar-refractivity contribution in [2.24, 2.45) is 11.3 Å². The number of alkyl halides is 1. The van der Waals surface area contributed by atoms with Gasteiger partial charge in [0.05, 0.1) is 6.61 Å². The molecule has 0 aromatic rings. The quantitative estimate of drug-likeness (QED) is 0.366. The molecule has 0 amide bonds. The maximum absolute atomic E-state index is 5.92. The minimum absolute atomic E-state index is 0.376. The molecule has 0 aliphatic carbocycles. The molecule has 0 N–H and O–H groups in total. The fraction of sp³-hybridized carbons (Fsp3) is 1.00. The molecule has 0 bridgehead atoms. The van der Waals surface area contributed by atoms with E-state index in [1.807, 2.05) is 0 Å². The van der Waals surface area contributed by atoms with Crippen molar-refractivity contribution < 1.29 is 4.74 Å². The van der Waals surface area contributed by atoms with Gasteiger partial charge in [0.25, 0.3) is 0 Å². The van der Waals surface area contributed by atoms with Crippen LogP contribution in [0.3, 0.4) is 0 Å². The van der Waals surface area contributed by atoms with Crippen LogP contribution in [-0.4, -0.2) is 18.5 Å². The standard InChI is InChI=1S/C15H31BrO/c1-5-9-15(12-16,10-6-2)13-17-11-7-8-14(3)4/h14H,5-13H2,1-4H3. The average molecular weight is 307 g/mol. The van der Waals surface area contributed by atoms with Crippen molar-refractivity contribution in [2.75, 3.05) is 18.5 Å². The molecule has 0 aliphatic heterocycles. The zero-order valence-corrected chi connectivity index (χ0v) is 13.8. The van der Waals surface area contributed by atoms with Gasteiger partial charge in [0.15, 0.2) is 0 Å². The average Bonchev–Trinajstić information content (AvgIpc) is 2.28. The van der Waals surface area contributed by atoms with Gasteiger partial charge in [-0.25, -0.2) is 0 Å². The van der Waals surface area contributed by atoms with Crippen LogP contribution in [0.4, 0.5) is 0 Å². The van der Waals surface area contributed by atoms with Crippen molar-refractivity contribution in [3.05, 3.63) is 0 Å². The third-order valence-corrected chi connectivity index (χ3v) is 4.51. The lowest BCUT2D eigenvalue weighted by Crippen LogP contribution is -2.29. The van der Waals surface area contributed by atoms with Crippen molar-refractivity contribution in [1.29, 1.82) is 0 Å². The van der Waals surface area contributed by atoms with Gasteiger partial charge in [-0.1, -0.05) is 56.5 Å². The Labute approximate surface area is 117 Å². The third-order valence-electron chi connectivity index (χ3n) is 3.32. The highest BCUT2D eigenvalue weighted by Crippen LogP contribution is 2.32. The van der Waals surface area contributed by atoms with Crippen molar-refractivity contribution in [1.82, 2.24) is 0 Å². The Morgan fingerprint density at radius 3 is 2.12 bits per heavy atom. The molecule has 17 heavy (non-hydrogen) atoms. The monoisotopic (exact) mass is 306 g/mol. The smallest absolute Gasteiger partial charge is 0.0530 e. The second-order valence-corrected chi connectivity index (χ2v) is 6.28. The highest BCUT2D eigenvalue weighted by molar-refractivity contribution is 9.09. The van der Waals surface area contributed by atoms with Gasteiger partial charge in [-0.3, -0.25) is 0 Å². The molecule has 0 aromatic carbocycles. The first-order valence-corrected chi connectivity index (χ1v) is 8.36. The maximum Gasteiger partial charge on any atom is 0.0530 e. The van der Waals surface area contributed by atoms with Crippen LogP contribution >= 0.6 is 15.9 Å². The highest BCUT2D eigenvalue weighted by atomic mass is 79.9. The summed E-state index contributed by atoms with van der Waals surface area (Å²) in [4.78, 5) is 0. The molecule has 1 nitrogen and oxygen atoms in total. The van der Waals surface area contributed by atoms with Crippen LogP contribution in [-0.2, 0) is 4.74 Å². The summed E-state index contributed by atoms with van der Waals surface area (Å²) in [5, 5.41) is 1.08. The molecule has 0 atom stereocenters. The van der Waals surface area contributed by atoms with Crippen LogP contribution in [0, 0.1) is 11.3 Å². The maximum atomic E-state index is 5.92. The predicted molar refractivity (Wildman–Crippen MR) is 80.9 cm³/mol. The second kappa shape index (κ2) is 10.4. The summed E-state index contributed by atoms with van der Waals surface area (Å²) in [5.74, 6) is 0.797. The van der Waals surface area contributed by atoms with E-state index in [1.165, 1.54) is 38.5 Å². The molecule has 0 radical (unpaired) electrons. The van der Waals surface area contributed by atoms with E-state index in [1.54, 1.807) is 0 Å². The van der Waals surface area contributed by atoms with Gasteiger partial charge in [0.1, 0.15) is 0 Å². The van der Waals surface area contributed by atoms with Crippen molar-refractivity contribution >= 4 is 15.9 Å². The zero-order chi connectivity index (χ0) is 13.1. The van der Waals surface area contributed by atoms with E-state index in [9.17, 15) is 0 Å². The molecule has 0 aliphatic rings. The summed E-state index contributed by atoms with van der Waals surface area (Å²) in [5.41, 5.74) is 0.376. The van der Waals surface area contributed by atoms with Crippen LogP contribution in [0.15, 0.2) is 0 Å². The molecule has 0 saturated heterocycles. The summed E-state index contributed by atoms with van der Waals surface area (Å²) >= 11 is 3.69. The van der Waals surface area contributed by atoms with Crippen molar-refractivity contribution in [3.8, 4) is 0 Å². The van der Waals surface area contributed by atoms with Crippen LogP contribution in [0.2, 0.25) is 0 Å². The van der Waals surface area contributed by atoms with E-state index < -0.39 is 0 Å². The summed E-state index contributed by atoms with van der Waals surface area (Å²) in [6.07, 6.45) is 7.53. The lowest BCUT2D eigenvalue weighted by molar-refractivity contribution is 0.0426. The van der Waals surface area contributed by atoms with E-state index in [0.29, 0.717) is 5.41 Å². The van der Waals surface area contributed by atoms with Crippen LogP contribution in [0.5, 0.6) is 0 Å². The first kappa shape index (κ1) is 17.4. The van der Waals surface area contributed by atoms with Gasteiger partial charge < -0.3 is 4.74 Å². The van der Waals surface area contributed by atoms with E-state index in [4.69, 9.17) is 4.74 Å². The van der Waals surface area contributed by atoms with E-state index >= 15 is 0 Å². The summed E-state index contributed by atoms with van der Waals surface area (Å²) in [7, 11) is 0.